The van der Waals surface area contributed by atoms with Crippen LogP contribution in [0.5, 0.6) is 0 Å². The van der Waals surface area contributed by atoms with Gasteiger partial charge in [-0.2, -0.15) is 0 Å². The number of hydrogen-bond donors (Lipinski definition) is 2. The molecule has 300 valence electrons. The quantitative estimate of drug-likeness (QED) is 0.0362. The molecule has 50 heavy (non-hydrogen) atoms. The SMILES string of the molecule is CCCCCCCCCCCCCCCCCCCCCCOC[C@H](COP(=O)(O)OCCN)OC(=O)CCCCCCCCCCCCC. The van der Waals surface area contributed by atoms with Crippen molar-refractivity contribution in [2.24, 2.45) is 5.73 Å². The summed E-state index contributed by atoms with van der Waals surface area (Å²) in [6.45, 7) is 4.97. The fourth-order valence-electron chi connectivity index (χ4n) is 6.35. The molecule has 0 aliphatic rings. The van der Waals surface area contributed by atoms with Gasteiger partial charge in [0.15, 0.2) is 0 Å². The molecule has 0 saturated heterocycles. The topological polar surface area (TPSA) is 117 Å². The van der Waals surface area contributed by atoms with Crippen molar-refractivity contribution in [3.8, 4) is 0 Å². The molecular weight excluding hydrogens is 649 g/mol. The average molecular weight is 734 g/mol. The van der Waals surface area contributed by atoms with Crippen molar-refractivity contribution < 1.29 is 32.8 Å². The lowest BCUT2D eigenvalue weighted by atomic mass is 10.0. The predicted octanol–water partition coefficient (Wildman–Crippen LogP) is 12.5. The highest BCUT2D eigenvalue weighted by Crippen LogP contribution is 2.43. The maximum atomic E-state index is 12.5. The second-order valence-electron chi connectivity index (χ2n) is 14.6. The first kappa shape index (κ1) is 49.5. The van der Waals surface area contributed by atoms with Crippen LogP contribution in [0.3, 0.4) is 0 Å². The number of carbonyl (C=O) groups excluding carboxylic acids is 1. The maximum absolute atomic E-state index is 12.5. The molecule has 1 unspecified atom stereocenters. The minimum absolute atomic E-state index is 0.0902. The molecule has 0 heterocycles. The smallest absolute Gasteiger partial charge is 0.457 e. The van der Waals surface area contributed by atoms with E-state index in [9.17, 15) is 14.3 Å². The fraction of sp³-hybridized carbons (Fsp3) is 0.976. The van der Waals surface area contributed by atoms with Gasteiger partial charge in [0.1, 0.15) is 6.10 Å². The monoisotopic (exact) mass is 734 g/mol. The number of phosphoric acid groups is 1. The van der Waals surface area contributed by atoms with E-state index < -0.39 is 13.9 Å². The molecule has 0 aromatic heterocycles. The van der Waals surface area contributed by atoms with Gasteiger partial charge < -0.3 is 20.1 Å². The predicted molar refractivity (Wildman–Crippen MR) is 211 cm³/mol. The van der Waals surface area contributed by atoms with Gasteiger partial charge in [-0.05, 0) is 12.8 Å². The van der Waals surface area contributed by atoms with Crippen molar-refractivity contribution in [1.29, 1.82) is 0 Å². The largest absolute Gasteiger partial charge is 0.472 e. The molecule has 0 aromatic carbocycles. The van der Waals surface area contributed by atoms with Crippen LogP contribution in [0.2, 0.25) is 0 Å². The van der Waals surface area contributed by atoms with E-state index in [-0.39, 0.29) is 32.3 Å². The first-order valence-electron chi connectivity index (χ1n) is 21.5. The van der Waals surface area contributed by atoms with E-state index in [1.165, 1.54) is 167 Å². The molecule has 0 aliphatic carbocycles. The van der Waals surface area contributed by atoms with Gasteiger partial charge in [0.2, 0.25) is 0 Å². The lowest BCUT2D eigenvalue weighted by molar-refractivity contribution is -0.154. The van der Waals surface area contributed by atoms with Crippen LogP contribution >= 0.6 is 7.82 Å². The van der Waals surface area contributed by atoms with Crippen molar-refractivity contribution in [3.63, 3.8) is 0 Å². The Hall–Kier alpha value is -0.500. The first-order chi connectivity index (χ1) is 24.4. The molecule has 8 nitrogen and oxygen atoms in total. The van der Waals surface area contributed by atoms with Crippen LogP contribution in [0.1, 0.15) is 219 Å². The van der Waals surface area contributed by atoms with Crippen molar-refractivity contribution in [2.45, 2.75) is 225 Å². The third kappa shape index (κ3) is 38.7. The summed E-state index contributed by atoms with van der Waals surface area (Å²) in [7, 11) is -4.26. The highest BCUT2D eigenvalue weighted by Gasteiger charge is 2.25. The van der Waals surface area contributed by atoms with E-state index in [0.29, 0.717) is 13.0 Å². The van der Waals surface area contributed by atoms with Crippen molar-refractivity contribution in [1.82, 2.24) is 0 Å². The first-order valence-corrected chi connectivity index (χ1v) is 23.0. The van der Waals surface area contributed by atoms with E-state index in [1.807, 2.05) is 0 Å². The lowest BCUT2D eigenvalue weighted by Gasteiger charge is -2.20. The Morgan fingerprint density at radius 1 is 0.520 bits per heavy atom. The minimum atomic E-state index is -4.26. The second-order valence-corrected chi connectivity index (χ2v) is 16.0. The van der Waals surface area contributed by atoms with Crippen LogP contribution in [0.25, 0.3) is 0 Å². The number of unbranched alkanes of at least 4 members (excludes halogenated alkanes) is 29. The highest BCUT2D eigenvalue weighted by atomic mass is 31.2. The molecule has 0 saturated carbocycles. The Bertz CT molecular complexity index is 742. The third-order valence-corrected chi connectivity index (χ3v) is 10.5. The summed E-state index contributed by atoms with van der Waals surface area (Å²) < 4.78 is 33.4. The molecule has 2 atom stereocenters. The number of phosphoric ester groups is 1. The Labute approximate surface area is 310 Å². The molecular formula is C41H84NO7P. The van der Waals surface area contributed by atoms with Gasteiger partial charge >= 0.3 is 13.8 Å². The zero-order chi connectivity index (χ0) is 36.6. The lowest BCUT2D eigenvalue weighted by Crippen LogP contribution is -2.28. The summed E-state index contributed by atoms with van der Waals surface area (Å²) in [6, 6.07) is 0. The van der Waals surface area contributed by atoms with Gasteiger partial charge in [0.25, 0.3) is 0 Å². The standard InChI is InChI=1S/C41H84NO7P/c1-3-5-7-9-11-13-15-16-17-18-19-20-21-22-23-25-27-29-31-33-36-46-38-40(39-48-50(44,45)47-37-35-42)49-41(43)34-32-30-28-26-24-14-12-10-8-6-4-2/h40H,3-39,42H2,1-2H3,(H,44,45)/t40-/m1/s1. The Balaban J connectivity index is 3.91. The van der Waals surface area contributed by atoms with Gasteiger partial charge in [-0.25, -0.2) is 4.57 Å². The number of carbonyl (C=O) groups is 1. The van der Waals surface area contributed by atoms with Crippen LogP contribution < -0.4 is 5.73 Å². The molecule has 0 rings (SSSR count). The van der Waals surface area contributed by atoms with E-state index in [0.717, 1.165) is 32.1 Å². The number of ether oxygens (including phenoxy) is 2. The van der Waals surface area contributed by atoms with Crippen molar-refractivity contribution in [3.05, 3.63) is 0 Å². The Morgan fingerprint density at radius 3 is 1.26 bits per heavy atom. The molecule has 9 heteroatoms. The van der Waals surface area contributed by atoms with Crippen LogP contribution in [0, 0.1) is 0 Å². The van der Waals surface area contributed by atoms with Gasteiger partial charge in [0.05, 0.1) is 19.8 Å². The van der Waals surface area contributed by atoms with Gasteiger partial charge in [-0.1, -0.05) is 200 Å². The normalized spacial score (nSPS) is 13.4. The van der Waals surface area contributed by atoms with E-state index in [4.69, 9.17) is 24.3 Å². The molecule has 0 spiro atoms. The number of nitrogens with two attached hydrogens (primary N) is 1. The van der Waals surface area contributed by atoms with Crippen LogP contribution in [-0.2, 0) is 27.9 Å². The van der Waals surface area contributed by atoms with Crippen molar-refractivity contribution in [2.75, 3.05) is 33.0 Å². The summed E-state index contributed by atoms with van der Waals surface area (Å²) in [5.74, 6) is -0.326. The molecule has 0 aliphatic heterocycles. The average Bonchev–Trinajstić information content (AvgIpc) is 3.10. The van der Waals surface area contributed by atoms with Gasteiger partial charge in [-0.15, -0.1) is 0 Å². The summed E-state index contributed by atoms with van der Waals surface area (Å²) in [6.07, 6.45) is 39.8. The van der Waals surface area contributed by atoms with E-state index in [1.54, 1.807) is 0 Å². The number of rotatable bonds is 42. The summed E-state index contributed by atoms with van der Waals surface area (Å²) in [4.78, 5) is 22.4. The Morgan fingerprint density at radius 2 is 0.880 bits per heavy atom. The van der Waals surface area contributed by atoms with Crippen molar-refractivity contribution >= 4 is 13.8 Å². The maximum Gasteiger partial charge on any atom is 0.472 e. The molecule has 0 aromatic rings. The van der Waals surface area contributed by atoms with Gasteiger partial charge in [-0.3, -0.25) is 13.8 Å². The molecule has 0 bridgehead atoms. The van der Waals surface area contributed by atoms with Gasteiger partial charge in [0, 0.05) is 19.6 Å². The highest BCUT2D eigenvalue weighted by molar-refractivity contribution is 7.47. The fourth-order valence-corrected chi connectivity index (χ4v) is 7.12. The Kier molecular flexibility index (Phi) is 39.3. The minimum Gasteiger partial charge on any atom is -0.457 e. The van der Waals surface area contributed by atoms with Crippen LogP contribution in [0.15, 0.2) is 0 Å². The second kappa shape index (κ2) is 39.7. The van der Waals surface area contributed by atoms with E-state index >= 15 is 0 Å². The molecule has 0 radical (unpaired) electrons. The molecule has 0 amide bonds. The van der Waals surface area contributed by atoms with Crippen LogP contribution in [0.4, 0.5) is 0 Å². The van der Waals surface area contributed by atoms with Crippen LogP contribution in [-0.4, -0.2) is 49.9 Å². The summed E-state index contributed by atoms with van der Waals surface area (Å²) in [5, 5.41) is 0. The summed E-state index contributed by atoms with van der Waals surface area (Å²) >= 11 is 0. The molecule has 0 fully saturated rings. The zero-order valence-electron chi connectivity index (χ0n) is 33.2. The van der Waals surface area contributed by atoms with E-state index in [2.05, 4.69) is 13.8 Å². The third-order valence-electron chi connectivity index (χ3n) is 9.52. The number of esters is 1. The summed E-state index contributed by atoms with van der Waals surface area (Å²) in [5.41, 5.74) is 5.36. The zero-order valence-corrected chi connectivity index (χ0v) is 34.1. The number of hydrogen-bond acceptors (Lipinski definition) is 7. The molecule has 3 N–H and O–H groups in total.